The number of ether oxygens (including phenoxy) is 3. The molecule has 208 valence electrons. The molecule has 0 radical (unpaired) electrons. The number of methoxy groups -OCH3 is 2. The zero-order valence-corrected chi connectivity index (χ0v) is 23.6. The first-order chi connectivity index (χ1) is 20.1. The van der Waals surface area contributed by atoms with Gasteiger partial charge in [0.05, 0.1) is 14.2 Å². The van der Waals surface area contributed by atoms with E-state index in [1.165, 1.54) is 0 Å². The van der Waals surface area contributed by atoms with Crippen molar-refractivity contribution in [2.75, 3.05) is 20.8 Å². The molecule has 0 saturated carbocycles. The molecule has 5 aromatic rings. The molecular weight excluding hydrogens is 508 g/mol. The van der Waals surface area contributed by atoms with Crippen LogP contribution in [0, 0.1) is 0 Å². The highest BCUT2D eigenvalue weighted by atomic mass is 16.5. The van der Waals surface area contributed by atoms with Crippen molar-refractivity contribution in [3.63, 3.8) is 0 Å². The minimum Gasteiger partial charge on any atom is -0.497 e. The molecule has 0 atom stereocenters. The topological polar surface area (TPSA) is 47.9 Å². The van der Waals surface area contributed by atoms with Crippen LogP contribution in [0.1, 0.15) is 40.7 Å². The van der Waals surface area contributed by atoms with Crippen molar-refractivity contribution >= 4 is 0 Å². The average molecular weight is 545 g/mol. The molecule has 5 rings (SSSR count). The Morgan fingerprint density at radius 1 is 0.488 bits per heavy atom. The quantitative estimate of drug-likeness (QED) is 0.129. The summed E-state index contributed by atoms with van der Waals surface area (Å²) in [6.45, 7) is 0.412. The molecule has 0 amide bonds. The third kappa shape index (κ3) is 5.90. The number of aliphatic hydroxyl groups is 1. The zero-order chi connectivity index (χ0) is 28.5. The molecule has 0 aromatic heterocycles. The maximum Gasteiger partial charge on any atom is 0.143 e. The Morgan fingerprint density at radius 2 is 0.854 bits per heavy atom. The Labute approximate surface area is 242 Å². The van der Waals surface area contributed by atoms with E-state index in [0.29, 0.717) is 19.4 Å². The van der Waals surface area contributed by atoms with Gasteiger partial charge in [0.25, 0.3) is 0 Å². The summed E-state index contributed by atoms with van der Waals surface area (Å²) >= 11 is 0. The number of hydrogen-bond donors (Lipinski definition) is 1. The van der Waals surface area contributed by atoms with E-state index in [2.05, 4.69) is 36.4 Å². The largest absolute Gasteiger partial charge is 0.497 e. The second-order valence-electron chi connectivity index (χ2n) is 10.0. The van der Waals surface area contributed by atoms with Crippen LogP contribution in [0.2, 0.25) is 0 Å². The standard InChI is InChI=1S/C37H36O4/c1-39-34-23-19-32(20-24-34)37(31-17-10-5-11-18-31,33-21-25-35(40-2)26-22-33)41-28-12-27-36(38,29-13-6-3-7-14-29)30-15-8-4-9-16-30/h3-11,13-26,38H,12,27-28H2,1-2H3. The molecule has 0 unspecified atom stereocenters. The third-order valence-electron chi connectivity index (χ3n) is 7.68. The second-order valence-corrected chi connectivity index (χ2v) is 10.0. The van der Waals surface area contributed by atoms with Crippen LogP contribution in [0.5, 0.6) is 11.5 Å². The number of benzene rings is 5. The fourth-order valence-corrected chi connectivity index (χ4v) is 5.51. The van der Waals surface area contributed by atoms with Gasteiger partial charge in [0.15, 0.2) is 0 Å². The highest BCUT2D eigenvalue weighted by molar-refractivity contribution is 5.49. The molecule has 41 heavy (non-hydrogen) atoms. The predicted octanol–water partition coefficient (Wildman–Crippen LogP) is 7.73. The lowest BCUT2D eigenvalue weighted by atomic mass is 9.79. The van der Waals surface area contributed by atoms with Crippen molar-refractivity contribution in [1.82, 2.24) is 0 Å². The van der Waals surface area contributed by atoms with E-state index >= 15 is 0 Å². The summed E-state index contributed by atoms with van der Waals surface area (Å²) in [4.78, 5) is 0. The lowest BCUT2D eigenvalue weighted by Crippen LogP contribution is -2.34. The molecule has 0 bridgehead atoms. The van der Waals surface area contributed by atoms with Crippen LogP contribution in [-0.4, -0.2) is 25.9 Å². The fourth-order valence-electron chi connectivity index (χ4n) is 5.51. The lowest BCUT2D eigenvalue weighted by Gasteiger charge is -2.37. The Morgan fingerprint density at radius 3 is 1.24 bits per heavy atom. The van der Waals surface area contributed by atoms with Crippen molar-refractivity contribution < 1.29 is 19.3 Å². The minimum atomic E-state index is -1.14. The fraction of sp³-hybridized carbons (Fsp3) is 0.189. The summed E-state index contributed by atoms with van der Waals surface area (Å²) in [7, 11) is 3.33. The summed E-state index contributed by atoms with van der Waals surface area (Å²) in [6, 6.07) is 46.1. The van der Waals surface area contributed by atoms with Crippen molar-refractivity contribution in [2.24, 2.45) is 0 Å². The van der Waals surface area contributed by atoms with Gasteiger partial charge in [0, 0.05) is 6.61 Å². The molecule has 4 nitrogen and oxygen atoms in total. The van der Waals surface area contributed by atoms with Gasteiger partial charge >= 0.3 is 0 Å². The Kier molecular flexibility index (Phi) is 8.83. The monoisotopic (exact) mass is 544 g/mol. The molecule has 4 heteroatoms. The maximum atomic E-state index is 12.1. The predicted molar refractivity (Wildman–Crippen MR) is 163 cm³/mol. The summed E-state index contributed by atoms with van der Waals surface area (Å²) in [5.41, 5.74) is 2.68. The molecular formula is C37H36O4. The third-order valence-corrected chi connectivity index (χ3v) is 7.68. The van der Waals surface area contributed by atoms with Gasteiger partial charge < -0.3 is 19.3 Å². The van der Waals surface area contributed by atoms with Gasteiger partial charge in [-0.3, -0.25) is 0 Å². The van der Waals surface area contributed by atoms with E-state index in [0.717, 1.165) is 39.3 Å². The van der Waals surface area contributed by atoms with Crippen LogP contribution < -0.4 is 9.47 Å². The molecule has 0 aliphatic rings. The van der Waals surface area contributed by atoms with E-state index in [9.17, 15) is 5.11 Å². The smallest absolute Gasteiger partial charge is 0.143 e. The van der Waals surface area contributed by atoms with Gasteiger partial charge in [-0.15, -0.1) is 0 Å². The Balaban J connectivity index is 1.52. The van der Waals surface area contributed by atoms with Gasteiger partial charge in [0.1, 0.15) is 22.7 Å². The van der Waals surface area contributed by atoms with E-state index in [4.69, 9.17) is 14.2 Å². The molecule has 0 aliphatic carbocycles. The molecule has 0 saturated heterocycles. The van der Waals surface area contributed by atoms with E-state index in [-0.39, 0.29) is 0 Å². The Hall–Kier alpha value is -4.38. The van der Waals surface area contributed by atoms with Crippen LogP contribution in [-0.2, 0) is 15.9 Å². The molecule has 0 aliphatic heterocycles. The van der Waals surface area contributed by atoms with Crippen LogP contribution in [0.3, 0.4) is 0 Å². The highest BCUT2D eigenvalue weighted by Crippen LogP contribution is 2.42. The molecule has 5 aromatic carbocycles. The number of rotatable bonds is 12. The van der Waals surface area contributed by atoms with Crippen LogP contribution in [0.15, 0.2) is 140 Å². The van der Waals surface area contributed by atoms with Crippen molar-refractivity contribution in [3.05, 3.63) is 167 Å². The normalized spacial score (nSPS) is 11.7. The van der Waals surface area contributed by atoms with Gasteiger partial charge in [-0.25, -0.2) is 0 Å². The van der Waals surface area contributed by atoms with E-state index in [1.807, 2.05) is 103 Å². The van der Waals surface area contributed by atoms with Crippen LogP contribution >= 0.6 is 0 Å². The minimum absolute atomic E-state index is 0.412. The highest BCUT2D eigenvalue weighted by Gasteiger charge is 2.38. The molecule has 0 fully saturated rings. The van der Waals surface area contributed by atoms with E-state index in [1.54, 1.807) is 14.2 Å². The first-order valence-corrected chi connectivity index (χ1v) is 13.9. The first-order valence-electron chi connectivity index (χ1n) is 13.9. The van der Waals surface area contributed by atoms with Gasteiger partial charge in [-0.2, -0.15) is 0 Å². The van der Waals surface area contributed by atoms with Gasteiger partial charge in [-0.1, -0.05) is 115 Å². The molecule has 0 spiro atoms. The lowest BCUT2D eigenvalue weighted by molar-refractivity contribution is -0.00330. The average Bonchev–Trinajstić information content (AvgIpc) is 3.06. The SMILES string of the molecule is COc1ccc(C(OCCCC(O)(c2ccccc2)c2ccccc2)(c2ccccc2)c2ccc(OC)cc2)cc1. The Bertz CT molecular complexity index is 1400. The summed E-state index contributed by atoms with van der Waals surface area (Å²) < 4.78 is 17.9. The number of hydrogen-bond acceptors (Lipinski definition) is 4. The van der Waals surface area contributed by atoms with Crippen LogP contribution in [0.25, 0.3) is 0 Å². The van der Waals surface area contributed by atoms with Gasteiger partial charge in [0.2, 0.25) is 0 Å². The van der Waals surface area contributed by atoms with Crippen molar-refractivity contribution in [1.29, 1.82) is 0 Å². The summed E-state index contributed by atoms with van der Waals surface area (Å²) in [6.07, 6.45) is 1.12. The van der Waals surface area contributed by atoms with Crippen molar-refractivity contribution in [2.45, 2.75) is 24.0 Å². The summed E-state index contributed by atoms with van der Waals surface area (Å²) in [5.74, 6) is 1.56. The zero-order valence-electron chi connectivity index (χ0n) is 23.6. The summed E-state index contributed by atoms with van der Waals surface area (Å²) in [5, 5.41) is 12.1. The first kappa shape index (κ1) is 28.2. The molecule has 1 N–H and O–H groups in total. The second kappa shape index (κ2) is 12.9. The maximum absolute atomic E-state index is 12.1. The van der Waals surface area contributed by atoms with Crippen LogP contribution in [0.4, 0.5) is 0 Å². The van der Waals surface area contributed by atoms with Crippen molar-refractivity contribution in [3.8, 4) is 11.5 Å². The van der Waals surface area contributed by atoms with E-state index < -0.39 is 11.2 Å². The van der Waals surface area contributed by atoms with Gasteiger partial charge in [-0.05, 0) is 64.9 Å². The molecule has 0 heterocycles.